The highest BCUT2D eigenvalue weighted by Crippen LogP contribution is 2.17. The molecule has 0 aliphatic heterocycles. The van der Waals surface area contributed by atoms with E-state index in [1.165, 1.54) is 6.07 Å². The highest BCUT2D eigenvalue weighted by Gasteiger charge is 2.12. The Hall–Kier alpha value is -1.68. The Labute approximate surface area is 156 Å². The molecule has 0 unspecified atom stereocenters. The Morgan fingerprint density at radius 2 is 2.09 bits per heavy atom. The minimum atomic E-state index is -0.369. The highest BCUT2D eigenvalue weighted by molar-refractivity contribution is 14.0. The van der Waals surface area contributed by atoms with E-state index in [2.05, 4.69) is 21.0 Å². The van der Waals surface area contributed by atoms with E-state index in [-0.39, 0.29) is 34.6 Å². The zero-order valence-corrected chi connectivity index (χ0v) is 15.8. The van der Waals surface area contributed by atoms with E-state index in [9.17, 15) is 10.1 Å². The molecule has 1 aromatic heterocycles. The summed E-state index contributed by atoms with van der Waals surface area (Å²) >= 11 is 1.63. The molecule has 0 amide bonds. The molecule has 0 saturated heterocycles. The molecule has 2 aromatic rings. The van der Waals surface area contributed by atoms with Gasteiger partial charge in [-0.2, -0.15) is 11.3 Å². The second kappa shape index (κ2) is 10.2. The molecule has 2 rings (SSSR count). The number of hydrogen-bond acceptors (Lipinski definition) is 4. The number of nitrogens with zero attached hydrogens (tertiary/aromatic N) is 2. The topological polar surface area (TPSA) is 79.6 Å². The van der Waals surface area contributed by atoms with Crippen LogP contribution in [0.25, 0.3) is 0 Å². The van der Waals surface area contributed by atoms with Crippen LogP contribution in [0.15, 0.2) is 46.1 Å². The Balaban J connectivity index is 0.00000264. The van der Waals surface area contributed by atoms with Crippen molar-refractivity contribution >= 4 is 47.0 Å². The van der Waals surface area contributed by atoms with Gasteiger partial charge in [0, 0.05) is 24.7 Å². The minimum absolute atomic E-state index is 0. The molecule has 0 fully saturated rings. The third-order valence-corrected chi connectivity index (χ3v) is 3.71. The fourth-order valence-electron chi connectivity index (χ4n) is 1.91. The van der Waals surface area contributed by atoms with Crippen molar-refractivity contribution in [3.05, 3.63) is 62.3 Å². The molecule has 1 heterocycles. The third-order valence-electron chi connectivity index (χ3n) is 2.98. The van der Waals surface area contributed by atoms with Gasteiger partial charge in [0.05, 0.1) is 11.5 Å². The number of rotatable bonds is 6. The van der Waals surface area contributed by atoms with E-state index in [0.29, 0.717) is 24.6 Å². The van der Waals surface area contributed by atoms with Gasteiger partial charge in [-0.3, -0.25) is 10.1 Å². The van der Waals surface area contributed by atoms with Gasteiger partial charge >= 0.3 is 0 Å². The Bertz CT molecular complexity index is 647. The van der Waals surface area contributed by atoms with E-state index < -0.39 is 0 Å². The van der Waals surface area contributed by atoms with E-state index in [1.807, 2.05) is 18.4 Å². The molecule has 6 nitrogen and oxygen atoms in total. The Morgan fingerprint density at radius 1 is 1.30 bits per heavy atom. The average Bonchev–Trinajstić information content (AvgIpc) is 3.03. The number of hydrogen-bond donors (Lipinski definition) is 2. The molecule has 0 saturated carbocycles. The predicted octanol–water partition coefficient (Wildman–Crippen LogP) is 3.53. The van der Waals surface area contributed by atoms with Crippen LogP contribution in [0.3, 0.4) is 0 Å². The summed E-state index contributed by atoms with van der Waals surface area (Å²) in [5, 5.41) is 21.3. The molecule has 0 bridgehead atoms. The molecular weight excluding hydrogens is 427 g/mol. The zero-order valence-electron chi connectivity index (χ0n) is 12.7. The summed E-state index contributed by atoms with van der Waals surface area (Å²) in [7, 11) is 0. The van der Waals surface area contributed by atoms with Crippen LogP contribution in [0.1, 0.15) is 18.1 Å². The summed E-state index contributed by atoms with van der Waals surface area (Å²) in [6, 6.07) is 8.73. The second-order valence-corrected chi connectivity index (χ2v) is 5.35. The zero-order chi connectivity index (χ0) is 15.8. The first-order valence-electron chi connectivity index (χ1n) is 6.96. The number of halogens is 1. The maximum atomic E-state index is 11.0. The van der Waals surface area contributed by atoms with Gasteiger partial charge in [0.1, 0.15) is 0 Å². The van der Waals surface area contributed by atoms with Crippen molar-refractivity contribution in [3.63, 3.8) is 0 Å². The lowest BCUT2D eigenvalue weighted by atomic mass is 10.2. The van der Waals surface area contributed by atoms with Crippen LogP contribution in [0.4, 0.5) is 5.69 Å². The number of guanidine groups is 1. The van der Waals surface area contributed by atoms with Crippen LogP contribution in [0.5, 0.6) is 0 Å². The first-order chi connectivity index (χ1) is 10.7. The van der Waals surface area contributed by atoms with Crippen LogP contribution in [0, 0.1) is 10.1 Å². The van der Waals surface area contributed by atoms with Crippen LogP contribution in [0.2, 0.25) is 0 Å². The molecule has 0 aliphatic rings. The molecule has 0 atom stereocenters. The van der Waals surface area contributed by atoms with Crippen LogP contribution in [-0.2, 0) is 13.1 Å². The molecule has 124 valence electrons. The van der Waals surface area contributed by atoms with Gasteiger partial charge in [0.25, 0.3) is 5.69 Å². The number of para-hydroxylation sites is 1. The van der Waals surface area contributed by atoms with Crippen molar-refractivity contribution in [1.29, 1.82) is 0 Å². The van der Waals surface area contributed by atoms with Gasteiger partial charge in [-0.05, 0) is 29.3 Å². The molecule has 23 heavy (non-hydrogen) atoms. The van der Waals surface area contributed by atoms with Gasteiger partial charge < -0.3 is 10.6 Å². The lowest BCUT2D eigenvalue weighted by Crippen LogP contribution is -2.36. The van der Waals surface area contributed by atoms with Crippen LogP contribution in [-0.4, -0.2) is 17.4 Å². The van der Waals surface area contributed by atoms with Crippen molar-refractivity contribution in [2.24, 2.45) is 4.99 Å². The SMILES string of the molecule is CCNC(=NCc1ccsc1)NCc1ccccc1[N+](=O)[O-].I. The fraction of sp³-hybridized carbons (Fsp3) is 0.267. The van der Waals surface area contributed by atoms with E-state index in [4.69, 9.17) is 0 Å². The summed E-state index contributed by atoms with van der Waals surface area (Å²) in [6.45, 7) is 3.64. The molecule has 0 aliphatic carbocycles. The summed E-state index contributed by atoms with van der Waals surface area (Å²) in [5.41, 5.74) is 1.89. The highest BCUT2D eigenvalue weighted by atomic mass is 127. The van der Waals surface area contributed by atoms with Crippen molar-refractivity contribution in [2.45, 2.75) is 20.0 Å². The lowest BCUT2D eigenvalue weighted by Gasteiger charge is -2.11. The Morgan fingerprint density at radius 3 is 2.74 bits per heavy atom. The average molecular weight is 446 g/mol. The van der Waals surface area contributed by atoms with Gasteiger partial charge in [-0.15, -0.1) is 24.0 Å². The molecule has 1 aromatic carbocycles. The minimum Gasteiger partial charge on any atom is -0.357 e. The van der Waals surface area contributed by atoms with Crippen LogP contribution < -0.4 is 10.6 Å². The van der Waals surface area contributed by atoms with E-state index in [0.717, 1.165) is 12.1 Å². The smallest absolute Gasteiger partial charge is 0.274 e. The number of nitrogens with one attached hydrogen (secondary N) is 2. The maximum Gasteiger partial charge on any atom is 0.274 e. The number of thiophene rings is 1. The summed E-state index contributed by atoms with van der Waals surface area (Å²) < 4.78 is 0. The van der Waals surface area contributed by atoms with Gasteiger partial charge in [0.15, 0.2) is 5.96 Å². The largest absolute Gasteiger partial charge is 0.357 e. The second-order valence-electron chi connectivity index (χ2n) is 4.57. The quantitative estimate of drug-likeness (QED) is 0.234. The molecule has 0 spiro atoms. The Kier molecular flexibility index (Phi) is 8.56. The van der Waals surface area contributed by atoms with Gasteiger partial charge in [-0.1, -0.05) is 18.2 Å². The van der Waals surface area contributed by atoms with E-state index in [1.54, 1.807) is 29.5 Å². The number of nitro groups is 1. The lowest BCUT2D eigenvalue weighted by molar-refractivity contribution is -0.385. The standard InChI is InChI=1S/C15H18N4O2S.HI/c1-2-16-15(17-9-12-7-8-22-11-12)18-10-13-5-3-4-6-14(13)19(20)21;/h3-8,11H,2,9-10H2,1H3,(H2,16,17,18);1H. The third kappa shape index (κ3) is 6.14. The normalized spacial score (nSPS) is 10.7. The summed E-state index contributed by atoms with van der Waals surface area (Å²) in [5.74, 6) is 0.645. The summed E-state index contributed by atoms with van der Waals surface area (Å²) in [6.07, 6.45) is 0. The first-order valence-corrected chi connectivity index (χ1v) is 7.90. The molecular formula is C15H19IN4O2S. The molecule has 2 N–H and O–H groups in total. The van der Waals surface area contributed by atoms with Crippen LogP contribution >= 0.6 is 35.3 Å². The van der Waals surface area contributed by atoms with Crippen molar-refractivity contribution in [3.8, 4) is 0 Å². The van der Waals surface area contributed by atoms with E-state index >= 15 is 0 Å². The van der Waals surface area contributed by atoms with Crippen molar-refractivity contribution < 1.29 is 4.92 Å². The first kappa shape index (κ1) is 19.4. The van der Waals surface area contributed by atoms with Gasteiger partial charge in [0.2, 0.25) is 0 Å². The number of aliphatic imine (C=N–C) groups is 1. The van der Waals surface area contributed by atoms with Crippen molar-refractivity contribution in [1.82, 2.24) is 10.6 Å². The van der Waals surface area contributed by atoms with Gasteiger partial charge in [-0.25, -0.2) is 4.99 Å². The molecule has 0 radical (unpaired) electrons. The monoisotopic (exact) mass is 446 g/mol. The fourth-order valence-corrected chi connectivity index (χ4v) is 2.57. The molecule has 8 heteroatoms. The number of nitro benzene ring substituents is 1. The number of benzene rings is 1. The summed E-state index contributed by atoms with van der Waals surface area (Å²) in [4.78, 5) is 15.1. The maximum absolute atomic E-state index is 11.0. The van der Waals surface area contributed by atoms with Crippen molar-refractivity contribution in [2.75, 3.05) is 6.54 Å². The predicted molar refractivity (Wildman–Crippen MR) is 104 cm³/mol.